The fraction of sp³-hybridized carbons (Fsp3) is 0.158. The molecule has 0 saturated carbocycles. The molecule has 0 unspecified atom stereocenters. The van der Waals surface area contributed by atoms with Crippen LogP contribution in [0.25, 0.3) is 5.69 Å². The van der Waals surface area contributed by atoms with Crippen molar-refractivity contribution in [3.63, 3.8) is 0 Å². The van der Waals surface area contributed by atoms with Crippen LogP contribution in [0.3, 0.4) is 0 Å². The Morgan fingerprint density at radius 3 is 2.50 bits per heavy atom. The van der Waals surface area contributed by atoms with Crippen LogP contribution in [0, 0.1) is 6.92 Å². The molecule has 0 saturated heterocycles. The topological polar surface area (TPSA) is 78.3 Å². The fourth-order valence-corrected chi connectivity index (χ4v) is 3.09. The van der Waals surface area contributed by atoms with Crippen LogP contribution in [0.4, 0.5) is 0 Å². The van der Waals surface area contributed by atoms with Crippen molar-refractivity contribution < 1.29 is 17.9 Å². The largest absolute Gasteiger partial charge is 0.457 e. The highest BCUT2D eigenvalue weighted by molar-refractivity contribution is 7.90. The van der Waals surface area contributed by atoms with Gasteiger partial charge in [-0.25, -0.2) is 17.9 Å². The second kappa shape index (κ2) is 7.13. The van der Waals surface area contributed by atoms with E-state index in [0.29, 0.717) is 5.56 Å². The summed E-state index contributed by atoms with van der Waals surface area (Å²) < 4.78 is 30.4. The lowest BCUT2D eigenvalue weighted by molar-refractivity contribution is 0.0471. The van der Waals surface area contributed by atoms with Gasteiger partial charge in [0.1, 0.15) is 6.61 Å². The molecule has 1 aromatic heterocycles. The Labute approximate surface area is 152 Å². The Morgan fingerprint density at radius 2 is 1.88 bits per heavy atom. The SMILES string of the molecule is Cc1ccc(S(C)(=O)=O)cc1C(=O)OCc1ccc(-n2cccn2)cc1. The van der Waals surface area contributed by atoms with Gasteiger partial charge in [0.05, 0.1) is 16.1 Å². The molecule has 0 aliphatic carbocycles. The van der Waals surface area contributed by atoms with E-state index in [-0.39, 0.29) is 17.1 Å². The number of hydrogen-bond acceptors (Lipinski definition) is 5. The predicted molar refractivity (Wildman–Crippen MR) is 97.0 cm³/mol. The number of aryl methyl sites for hydroxylation is 1. The van der Waals surface area contributed by atoms with E-state index in [4.69, 9.17) is 4.74 Å². The van der Waals surface area contributed by atoms with Gasteiger partial charge in [-0.05, 0) is 48.4 Å². The molecule has 0 aliphatic heterocycles. The number of hydrogen-bond donors (Lipinski definition) is 0. The average Bonchev–Trinajstić information content (AvgIpc) is 3.14. The lowest BCUT2D eigenvalue weighted by atomic mass is 10.1. The lowest BCUT2D eigenvalue weighted by Crippen LogP contribution is -2.09. The molecule has 0 N–H and O–H groups in total. The van der Waals surface area contributed by atoms with Crippen molar-refractivity contribution in [1.29, 1.82) is 0 Å². The number of ether oxygens (including phenoxy) is 1. The summed E-state index contributed by atoms with van der Waals surface area (Å²) in [6.07, 6.45) is 4.64. The molecule has 7 heteroatoms. The minimum Gasteiger partial charge on any atom is -0.457 e. The standard InChI is InChI=1S/C19H18N2O4S/c1-14-4-9-17(26(2,23)24)12-18(14)19(22)25-13-15-5-7-16(8-6-15)21-11-3-10-20-21/h3-12H,13H2,1-2H3. The van der Waals surface area contributed by atoms with Gasteiger partial charge in [0.25, 0.3) is 0 Å². The van der Waals surface area contributed by atoms with Crippen LogP contribution >= 0.6 is 0 Å². The molecule has 0 radical (unpaired) electrons. The molecule has 0 atom stereocenters. The molecule has 1 heterocycles. The minimum atomic E-state index is -3.39. The molecule has 2 aromatic carbocycles. The van der Waals surface area contributed by atoms with Crippen LogP contribution in [0.2, 0.25) is 0 Å². The maximum Gasteiger partial charge on any atom is 0.338 e. The second-order valence-electron chi connectivity index (χ2n) is 5.94. The van der Waals surface area contributed by atoms with Gasteiger partial charge in [-0.15, -0.1) is 0 Å². The zero-order valence-electron chi connectivity index (χ0n) is 14.4. The molecular formula is C19H18N2O4S. The van der Waals surface area contributed by atoms with Crippen molar-refractivity contribution in [2.75, 3.05) is 6.26 Å². The van der Waals surface area contributed by atoms with E-state index in [2.05, 4.69) is 5.10 Å². The van der Waals surface area contributed by atoms with Crippen molar-refractivity contribution in [2.24, 2.45) is 0 Å². The molecule has 3 aromatic rings. The summed E-state index contributed by atoms with van der Waals surface area (Å²) in [5.41, 5.74) is 2.64. The monoisotopic (exact) mass is 370 g/mol. The van der Waals surface area contributed by atoms with Crippen molar-refractivity contribution >= 4 is 15.8 Å². The maximum atomic E-state index is 12.3. The molecule has 26 heavy (non-hydrogen) atoms. The third-order valence-corrected chi connectivity index (χ3v) is 5.04. The zero-order valence-corrected chi connectivity index (χ0v) is 15.2. The summed E-state index contributed by atoms with van der Waals surface area (Å²) in [6.45, 7) is 1.84. The summed E-state index contributed by atoms with van der Waals surface area (Å²) in [6, 6.07) is 13.7. The Balaban J connectivity index is 1.71. The molecule has 134 valence electrons. The highest BCUT2D eigenvalue weighted by Gasteiger charge is 2.15. The van der Waals surface area contributed by atoms with E-state index >= 15 is 0 Å². The van der Waals surface area contributed by atoms with E-state index in [0.717, 1.165) is 17.5 Å². The van der Waals surface area contributed by atoms with Crippen LogP contribution in [-0.4, -0.2) is 30.4 Å². The number of sulfone groups is 1. The summed E-state index contributed by atoms with van der Waals surface area (Å²) in [7, 11) is -3.39. The number of rotatable bonds is 5. The van der Waals surface area contributed by atoms with Gasteiger partial charge in [-0.1, -0.05) is 18.2 Å². The first kappa shape index (κ1) is 17.9. The van der Waals surface area contributed by atoms with Crippen LogP contribution in [0.1, 0.15) is 21.5 Å². The highest BCUT2D eigenvalue weighted by atomic mass is 32.2. The van der Waals surface area contributed by atoms with Gasteiger partial charge in [0.15, 0.2) is 9.84 Å². The predicted octanol–water partition coefficient (Wildman–Crippen LogP) is 2.94. The third kappa shape index (κ3) is 4.00. The van der Waals surface area contributed by atoms with Gasteiger partial charge in [0.2, 0.25) is 0 Å². The molecule has 0 spiro atoms. The van der Waals surface area contributed by atoms with Gasteiger partial charge >= 0.3 is 5.97 Å². The first-order chi connectivity index (χ1) is 12.3. The lowest BCUT2D eigenvalue weighted by Gasteiger charge is -2.09. The number of benzene rings is 2. The van der Waals surface area contributed by atoms with Crippen LogP contribution in [0.15, 0.2) is 65.8 Å². The molecule has 6 nitrogen and oxygen atoms in total. The molecule has 3 rings (SSSR count). The Bertz CT molecular complexity index is 1020. The molecule has 0 bridgehead atoms. The number of aromatic nitrogens is 2. The third-order valence-electron chi connectivity index (χ3n) is 3.93. The summed E-state index contributed by atoms with van der Waals surface area (Å²) >= 11 is 0. The molecule has 0 aliphatic rings. The highest BCUT2D eigenvalue weighted by Crippen LogP contribution is 2.17. The van der Waals surface area contributed by atoms with Gasteiger partial charge in [-0.2, -0.15) is 5.10 Å². The van der Waals surface area contributed by atoms with E-state index in [1.807, 2.05) is 36.5 Å². The quantitative estimate of drug-likeness (QED) is 0.645. The number of carbonyl (C=O) groups is 1. The van der Waals surface area contributed by atoms with Crippen molar-refractivity contribution in [2.45, 2.75) is 18.4 Å². The normalized spacial score (nSPS) is 11.3. The Kier molecular flexibility index (Phi) is 4.90. The van der Waals surface area contributed by atoms with Crippen LogP contribution in [-0.2, 0) is 21.2 Å². The fourth-order valence-electron chi connectivity index (χ4n) is 2.44. The zero-order chi connectivity index (χ0) is 18.7. The van der Waals surface area contributed by atoms with E-state index < -0.39 is 15.8 Å². The number of nitrogens with zero attached hydrogens (tertiary/aromatic N) is 2. The number of carbonyl (C=O) groups excluding carboxylic acids is 1. The van der Waals surface area contributed by atoms with Gasteiger partial charge in [0, 0.05) is 18.6 Å². The molecular weight excluding hydrogens is 352 g/mol. The van der Waals surface area contributed by atoms with E-state index in [9.17, 15) is 13.2 Å². The van der Waals surface area contributed by atoms with Crippen molar-refractivity contribution in [3.05, 3.63) is 77.6 Å². The molecule has 0 amide bonds. The Hall–Kier alpha value is -2.93. The minimum absolute atomic E-state index is 0.0959. The van der Waals surface area contributed by atoms with E-state index in [1.165, 1.54) is 12.1 Å². The van der Waals surface area contributed by atoms with Crippen molar-refractivity contribution in [1.82, 2.24) is 9.78 Å². The number of esters is 1. The van der Waals surface area contributed by atoms with Crippen LogP contribution in [0.5, 0.6) is 0 Å². The molecule has 0 fully saturated rings. The Morgan fingerprint density at radius 1 is 1.15 bits per heavy atom. The van der Waals surface area contributed by atoms with Crippen LogP contribution < -0.4 is 0 Å². The van der Waals surface area contributed by atoms with E-state index in [1.54, 1.807) is 23.9 Å². The first-order valence-electron chi connectivity index (χ1n) is 7.91. The smallest absolute Gasteiger partial charge is 0.338 e. The maximum absolute atomic E-state index is 12.3. The van der Waals surface area contributed by atoms with Crippen molar-refractivity contribution in [3.8, 4) is 5.69 Å². The first-order valence-corrected chi connectivity index (χ1v) is 9.80. The van der Waals surface area contributed by atoms with Gasteiger partial charge in [-0.3, -0.25) is 0 Å². The second-order valence-corrected chi connectivity index (χ2v) is 7.96. The summed E-state index contributed by atoms with van der Waals surface area (Å²) in [4.78, 5) is 12.4. The average molecular weight is 370 g/mol. The summed E-state index contributed by atoms with van der Waals surface area (Å²) in [5.74, 6) is -0.552. The summed E-state index contributed by atoms with van der Waals surface area (Å²) in [5, 5.41) is 4.15. The van der Waals surface area contributed by atoms with Gasteiger partial charge < -0.3 is 4.74 Å².